The number of aliphatic carboxylic acids is 1. The quantitative estimate of drug-likeness (QED) is 0.882. The van der Waals surface area contributed by atoms with Crippen molar-refractivity contribution in [3.05, 3.63) is 16.1 Å². The maximum Gasteiger partial charge on any atom is 0.309 e. The molecule has 1 N–H and O–H groups in total. The number of nitrogens with zero attached hydrogens (tertiary/aromatic N) is 1. The van der Waals surface area contributed by atoms with Crippen molar-refractivity contribution in [2.45, 2.75) is 30.9 Å². The molecular weight excluding hydrogens is 262 g/mol. The summed E-state index contributed by atoms with van der Waals surface area (Å²) < 4.78 is 23.3. The molecule has 2 heterocycles. The van der Waals surface area contributed by atoms with E-state index in [0.717, 1.165) is 11.4 Å². The molecule has 0 spiro atoms. The number of sulfone groups is 1. The molecule has 7 heteroatoms. The van der Waals surface area contributed by atoms with Crippen LogP contribution in [-0.4, -0.2) is 35.5 Å². The Morgan fingerprint density at radius 1 is 1.59 bits per heavy atom. The van der Waals surface area contributed by atoms with E-state index in [2.05, 4.69) is 4.98 Å². The van der Waals surface area contributed by atoms with Crippen molar-refractivity contribution in [3.8, 4) is 0 Å². The Kier molecular flexibility index (Phi) is 3.48. The third-order valence-electron chi connectivity index (χ3n) is 2.80. The van der Waals surface area contributed by atoms with Gasteiger partial charge in [-0.3, -0.25) is 4.79 Å². The first-order valence-corrected chi connectivity index (χ1v) is 7.93. The van der Waals surface area contributed by atoms with Crippen LogP contribution in [0, 0.1) is 0 Å². The van der Waals surface area contributed by atoms with Gasteiger partial charge < -0.3 is 5.11 Å². The monoisotopic (exact) mass is 275 g/mol. The second kappa shape index (κ2) is 4.73. The topological polar surface area (TPSA) is 84.3 Å². The van der Waals surface area contributed by atoms with Crippen molar-refractivity contribution in [1.29, 1.82) is 0 Å². The highest BCUT2D eigenvalue weighted by atomic mass is 32.2. The van der Waals surface area contributed by atoms with Crippen molar-refractivity contribution >= 4 is 27.1 Å². The van der Waals surface area contributed by atoms with E-state index in [1.165, 1.54) is 11.3 Å². The fourth-order valence-electron chi connectivity index (χ4n) is 1.96. The predicted molar refractivity (Wildman–Crippen MR) is 64.0 cm³/mol. The largest absolute Gasteiger partial charge is 0.481 e. The molecule has 1 unspecified atom stereocenters. The number of thiazole rings is 1. The molecular formula is C10H13NO4S2. The SMILES string of the molecule is O=C(O)Cc1csc(CC2CCCS2(=O)=O)n1. The number of hydrogen-bond acceptors (Lipinski definition) is 5. The Labute approximate surface area is 103 Å². The third kappa shape index (κ3) is 3.04. The Morgan fingerprint density at radius 2 is 2.35 bits per heavy atom. The molecule has 1 fully saturated rings. The average Bonchev–Trinajstić information content (AvgIpc) is 2.75. The molecule has 1 saturated heterocycles. The summed E-state index contributed by atoms with van der Waals surface area (Å²) in [4.78, 5) is 14.6. The maximum atomic E-state index is 11.6. The molecule has 17 heavy (non-hydrogen) atoms. The summed E-state index contributed by atoms with van der Waals surface area (Å²) in [7, 11) is -2.95. The van der Waals surface area contributed by atoms with Crippen LogP contribution in [0.5, 0.6) is 0 Å². The first-order chi connectivity index (χ1) is 7.97. The lowest BCUT2D eigenvalue weighted by Crippen LogP contribution is -2.18. The van der Waals surface area contributed by atoms with Gasteiger partial charge in [0.15, 0.2) is 9.84 Å². The number of hydrogen-bond donors (Lipinski definition) is 1. The van der Waals surface area contributed by atoms with Crippen LogP contribution in [0.3, 0.4) is 0 Å². The van der Waals surface area contributed by atoms with Crippen LogP contribution in [0.15, 0.2) is 5.38 Å². The Morgan fingerprint density at radius 3 is 2.94 bits per heavy atom. The molecule has 0 aliphatic carbocycles. The first-order valence-electron chi connectivity index (χ1n) is 5.34. The Bertz CT molecular complexity index is 520. The summed E-state index contributed by atoms with van der Waals surface area (Å²) in [6, 6.07) is 0. The summed E-state index contributed by atoms with van der Waals surface area (Å²) in [6.45, 7) is 0. The normalized spacial score (nSPS) is 22.7. The molecule has 0 radical (unpaired) electrons. The van der Waals surface area contributed by atoms with Gasteiger partial charge in [0, 0.05) is 11.8 Å². The number of carboxylic acids is 1. The van der Waals surface area contributed by atoms with Crippen molar-refractivity contribution in [3.63, 3.8) is 0 Å². The van der Waals surface area contributed by atoms with E-state index in [1.54, 1.807) is 5.38 Å². The van der Waals surface area contributed by atoms with Crippen LogP contribution < -0.4 is 0 Å². The molecule has 5 nitrogen and oxygen atoms in total. The average molecular weight is 275 g/mol. The highest BCUT2D eigenvalue weighted by molar-refractivity contribution is 7.92. The molecule has 0 amide bonds. The molecule has 94 valence electrons. The minimum Gasteiger partial charge on any atom is -0.481 e. The summed E-state index contributed by atoms with van der Waals surface area (Å²) in [6.07, 6.45) is 1.73. The van der Waals surface area contributed by atoms with Crippen LogP contribution in [0.1, 0.15) is 23.5 Å². The molecule has 1 aromatic rings. The minimum absolute atomic E-state index is 0.103. The van der Waals surface area contributed by atoms with Crippen molar-refractivity contribution in [2.75, 3.05) is 5.75 Å². The zero-order valence-electron chi connectivity index (χ0n) is 9.13. The van der Waals surface area contributed by atoms with E-state index in [1.807, 2.05) is 0 Å². The van der Waals surface area contributed by atoms with Gasteiger partial charge in [0.05, 0.1) is 28.1 Å². The Hall–Kier alpha value is -0.950. The standard InChI is InChI=1S/C10H13NO4S2/c12-10(13)4-7-6-16-9(11-7)5-8-2-1-3-17(8,14)15/h6,8H,1-5H2,(H,12,13). The van der Waals surface area contributed by atoms with Gasteiger partial charge in [-0.1, -0.05) is 0 Å². The lowest BCUT2D eigenvalue weighted by atomic mass is 10.2. The highest BCUT2D eigenvalue weighted by Crippen LogP contribution is 2.25. The van der Waals surface area contributed by atoms with Gasteiger partial charge >= 0.3 is 5.97 Å². The Balaban J connectivity index is 2.04. The van der Waals surface area contributed by atoms with Crippen LogP contribution >= 0.6 is 11.3 Å². The fourth-order valence-corrected chi connectivity index (χ4v) is 4.78. The number of carboxylic acid groups (broad SMARTS) is 1. The van der Waals surface area contributed by atoms with Crippen LogP contribution in [0.2, 0.25) is 0 Å². The van der Waals surface area contributed by atoms with Gasteiger partial charge in [0.2, 0.25) is 0 Å². The van der Waals surface area contributed by atoms with Crippen molar-refractivity contribution < 1.29 is 18.3 Å². The van der Waals surface area contributed by atoms with Crippen LogP contribution in [0.4, 0.5) is 0 Å². The fraction of sp³-hybridized carbons (Fsp3) is 0.600. The predicted octanol–water partition coefficient (Wildman–Crippen LogP) is 0.890. The molecule has 0 saturated carbocycles. The van der Waals surface area contributed by atoms with E-state index in [9.17, 15) is 13.2 Å². The van der Waals surface area contributed by atoms with Gasteiger partial charge in [0.1, 0.15) is 0 Å². The number of aromatic nitrogens is 1. The van der Waals surface area contributed by atoms with Gasteiger partial charge in [-0.25, -0.2) is 13.4 Å². The van der Waals surface area contributed by atoms with Crippen LogP contribution in [-0.2, 0) is 27.5 Å². The number of rotatable bonds is 4. The third-order valence-corrected chi connectivity index (χ3v) is 5.99. The summed E-state index contributed by atoms with van der Waals surface area (Å²) >= 11 is 1.34. The zero-order valence-corrected chi connectivity index (χ0v) is 10.8. The summed E-state index contributed by atoms with van der Waals surface area (Å²) in [5.74, 6) is -0.652. The number of carbonyl (C=O) groups is 1. The van der Waals surface area contributed by atoms with Gasteiger partial charge in [-0.2, -0.15) is 0 Å². The molecule has 0 aromatic carbocycles. The van der Waals surface area contributed by atoms with Gasteiger partial charge in [-0.15, -0.1) is 11.3 Å². The maximum absolute atomic E-state index is 11.6. The lowest BCUT2D eigenvalue weighted by molar-refractivity contribution is -0.136. The highest BCUT2D eigenvalue weighted by Gasteiger charge is 2.31. The smallest absolute Gasteiger partial charge is 0.309 e. The molecule has 1 aliphatic heterocycles. The lowest BCUT2D eigenvalue weighted by Gasteiger charge is -2.05. The van der Waals surface area contributed by atoms with Gasteiger partial charge in [-0.05, 0) is 12.8 Å². The van der Waals surface area contributed by atoms with E-state index in [0.29, 0.717) is 18.5 Å². The first kappa shape index (κ1) is 12.5. The van der Waals surface area contributed by atoms with Crippen LogP contribution in [0.25, 0.3) is 0 Å². The second-order valence-electron chi connectivity index (χ2n) is 4.14. The van der Waals surface area contributed by atoms with E-state index >= 15 is 0 Å². The molecule has 1 aliphatic rings. The van der Waals surface area contributed by atoms with E-state index < -0.39 is 15.8 Å². The molecule has 0 bridgehead atoms. The summed E-state index contributed by atoms with van der Waals surface area (Å²) in [5, 5.41) is 10.7. The molecule has 1 atom stereocenters. The van der Waals surface area contributed by atoms with Crippen molar-refractivity contribution in [2.24, 2.45) is 0 Å². The molecule has 1 aromatic heterocycles. The van der Waals surface area contributed by atoms with E-state index in [-0.39, 0.29) is 17.4 Å². The van der Waals surface area contributed by atoms with Crippen molar-refractivity contribution in [1.82, 2.24) is 4.98 Å². The summed E-state index contributed by atoms with van der Waals surface area (Å²) in [5.41, 5.74) is 0.507. The second-order valence-corrected chi connectivity index (χ2v) is 7.48. The zero-order chi connectivity index (χ0) is 12.5. The van der Waals surface area contributed by atoms with E-state index in [4.69, 9.17) is 5.11 Å². The van der Waals surface area contributed by atoms with Gasteiger partial charge in [0.25, 0.3) is 0 Å². The molecule has 2 rings (SSSR count). The minimum atomic E-state index is -2.95.